The van der Waals surface area contributed by atoms with E-state index in [0.717, 1.165) is 45.4 Å². The van der Waals surface area contributed by atoms with Gasteiger partial charge in [0.25, 0.3) is 0 Å². The molecule has 4 heteroatoms. The van der Waals surface area contributed by atoms with Crippen LogP contribution < -0.4 is 5.32 Å². The van der Waals surface area contributed by atoms with Crippen LogP contribution in [0, 0.1) is 11.3 Å². The molecular formula is C13H23N3O. The van der Waals surface area contributed by atoms with Crippen LogP contribution in [0.1, 0.15) is 32.6 Å². The molecule has 0 aromatic carbocycles. The largest absolute Gasteiger partial charge is 0.380 e. The van der Waals surface area contributed by atoms with Crippen molar-refractivity contribution in [2.45, 2.75) is 50.2 Å². The van der Waals surface area contributed by atoms with E-state index >= 15 is 0 Å². The summed E-state index contributed by atoms with van der Waals surface area (Å²) in [7, 11) is 2.18. The van der Waals surface area contributed by atoms with Gasteiger partial charge < -0.3 is 4.74 Å². The van der Waals surface area contributed by atoms with E-state index in [1.807, 2.05) is 0 Å². The molecule has 3 atom stereocenters. The summed E-state index contributed by atoms with van der Waals surface area (Å²) in [6.45, 7) is 4.68. The summed E-state index contributed by atoms with van der Waals surface area (Å²) in [4.78, 5) is 2.43. The molecule has 17 heavy (non-hydrogen) atoms. The molecular weight excluding hydrogens is 214 g/mol. The van der Waals surface area contributed by atoms with Gasteiger partial charge in [-0.05, 0) is 39.3 Å². The number of hydrogen-bond donors (Lipinski definition) is 1. The van der Waals surface area contributed by atoms with E-state index in [1.54, 1.807) is 0 Å². The van der Waals surface area contributed by atoms with Crippen molar-refractivity contribution in [3.63, 3.8) is 0 Å². The Balaban J connectivity index is 1.94. The number of likely N-dealkylation sites (N-methyl/N-ethyl adjacent to an activating group) is 1. The fourth-order valence-corrected chi connectivity index (χ4v) is 3.15. The predicted molar refractivity (Wildman–Crippen MR) is 66.6 cm³/mol. The Morgan fingerprint density at radius 1 is 1.47 bits per heavy atom. The predicted octanol–water partition coefficient (Wildman–Crippen LogP) is 1.13. The van der Waals surface area contributed by atoms with Crippen molar-refractivity contribution in [2.24, 2.45) is 0 Å². The summed E-state index contributed by atoms with van der Waals surface area (Å²) in [5, 5.41) is 12.7. The van der Waals surface area contributed by atoms with Crippen molar-refractivity contribution >= 4 is 0 Å². The smallest absolute Gasteiger partial charge is 0.108 e. The molecule has 96 valence electrons. The van der Waals surface area contributed by atoms with E-state index in [-0.39, 0.29) is 5.54 Å². The minimum atomic E-state index is -0.285. The zero-order chi connectivity index (χ0) is 12.3. The highest BCUT2D eigenvalue weighted by Gasteiger charge is 2.41. The molecule has 0 bridgehead atoms. The highest BCUT2D eigenvalue weighted by molar-refractivity contribution is 5.13. The molecule has 0 spiro atoms. The molecule has 1 saturated heterocycles. The standard InChI is InChI=1S/C13H23N3O/c1-3-15-13(10-14)6-4-11(8-13)16(2)12-5-7-17-9-12/h11-12,15H,3-9H2,1-2H3. The van der Waals surface area contributed by atoms with Crippen LogP contribution in [0.5, 0.6) is 0 Å². The van der Waals surface area contributed by atoms with Crippen LogP contribution >= 0.6 is 0 Å². The zero-order valence-electron chi connectivity index (χ0n) is 10.9. The Bertz CT molecular complexity index is 296. The highest BCUT2D eigenvalue weighted by Crippen LogP contribution is 2.33. The van der Waals surface area contributed by atoms with Crippen LogP contribution in [0.25, 0.3) is 0 Å². The van der Waals surface area contributed by atoms with Gasteiger partial charge in [-0.15, -0.1) is 0 Å². The fraction of sp³-hybridized carbons (Fsp3) is 0.923. The molecule has 2 fully saturated rings. The number of ether oxygens (including phenoxy) is 1. The minimum Gasteiger partial charge on any atom is -0.380 e. The van der Waals surface area contributed by atoms with Crippen LogP contribution in [0.4, 0.5) is 0 Å². The maximum absolute atomic E-state index is 9.36. The van der Waals surface area contributed by atoms with E-state index in [4.69, 9.17) is 4.74 Å². The van der Waals surface area contributed by atoms with Crippen LogP contribution in [0.15, 0.2) is 0 Å². The lowest BCUT2D eigenvalue weighted by atomic mass is 9.99. The second-order valence-corrected chi connectivity index (χ2v) is 5.30. The number of nitrogens with one attached hydrogen (secondary N) is 1. The van der Waals surface area contributed by atoms with Gasteiger partial charge in [0.1, 0.15) is 5.54 Å². The average molecular weight is 237 g/mol. The van der Waals surface area contributed by atoms with Crippen LogP contribution in [-0.2, 0) is 4.74 Å². The first-order valence-corrected chi connectivity index (χ1v) is 6.67. The first kappa shape index (κ1) is 12.8. The van der Waals surface area contributed by atoms with Crippen molar-refractivity contribution in [1.29, 1.82) is 5.26 Å². The first-order valence-electron chi connectivity index (χ1n) is 6.67. The molecule has 0 amide bonds. The SMILES string of the molecule is CCNC1(C#N)CCC(N(C)C2CCOC2)C1. The minimum absolute atomic E-state index is 0.285. The summed E-state index contributed by atoms with van der Waals surface area (Å²) < 4.78 is 5.44. The topological polar surface area (TPSA) is 48.3 Å². The number of nitriles is 1. The number of hydrogen-bond acceptors (Lipinski definition) is 4. The third-order valence-corrected chi connectivity index (χ3v) is 4.28. The summed E-state index contributed by atoms with van der Waals surface area (Å²) in [6.07, 6.45) is 4.17. The van der Waals surface area contributed by atoms with E-state index in [1.165, 1.54) is 0 Å². The Kier molecular flexibility index (Phi) is 4.03. The second kappa shape index (κ2) is 5.34. The monoisotopic (exact) mass is 237 g/mol. The van der Waals surface area contributed by atoms with Gasteiger partial charge >= 0.3 is 0 Å². The number of nitrogens with zero attached hydrogens (tertiary/aromatic N) is 2. The second-order valence-electron chi connectivity index (χ2n) is 5.30. The lowest BCUT2D eigenvalue weighted by molar-refractivity contribution is 0.131. The molecule has 0 aromatic heterocycles. The lowest BCUT2D eigenvalue weighted by Crippen LogP contribution is -2.45. The molecule has 3 unspecified atom stereocenters. The van der Waals surface area contributed by atoms with Crippen LogP contribution in [-0.4, -0.2) is 49.3 Å². The summed E-state index contributed by atoms with van der Waals surface area (Å²) in [5.74, 6) is 0. The Labute approximate surface area is 104 Å². The van der Waals surface area contributed by atoms with Gasteiger partial charge in [-0.3, -0.25) is 10.2 Å². The van der Waals surface area contributed by atoms with Gasteiger partial charge in [0, 0.05) is 18.7 Å². The normalized spacial score (nSPS) is 37.5. The van der Waals surface area contributed by atoms with Crippen LogP contribution in [0.3, 0.4) is 0 Å². The first-order chi connectivity index (χ1) is 8.21. The summed E-state index contributed by atoms with van der Waals surface area (Å²) >= 11 is 0. The van der Waals surface area contributed by atoms with Crippen molar-refractivity contribution in [3.05, 3.63) is 0 Å². The molecule has 1 aliphatic carbocycles. The van der Waals surface area contributed by atoms with Crippen molar-refractivity contribution in [3.8, 4) is 6.07 Å². The maximum Gasteiger partial charge on any atom is 0.108 e. The van der Waals surface area contributed by atoms with Gasteiger partial charge in [-0.1, -0.05) is 6.92 Å². The maximum atomic E-state index is 9.36. The van der Waals surface area contributed by atoms with E-state index in [2.05, 4.69) is 30.3 Å². The Morgan fingerprint density at radius 2 is 2.29 bits per heavy atom. The summed E-state index contributed by atoms with van der Waals surface area (Å²) in [5.41, 5.74) is -0.285. The molecule has 0 aromatic rings. The average Bonchev–Trinajstić information content (AvgIpc) is 2.98. The molecule has 4 nitrogen and oxygen atoms in total. The fourth-order valence-electron chi connectivity index (χ4n) is 3.15. The Hall–Kier alpha value is -0.630. The molecule has 0 radical (unpaired) electrons. The Morgan fingerprint density at radius 3 is 2.88 bits per heavy atom. The van der Waals surface area contributed by atoms with Gasteiger partial charge in [0.05, 0.1) is 12.7 Å². The zero-order valence-corrected chi connectivity index (χ0v) is 10.9. The third-order valence-electron chi connectivity index (χ3n) is 4.28. The van der Waals surface area contributed by atoms with Crippen molar-refractivity contribution in [2.75, 3.05) is 26.8 Å². The molecule has 1 heterocycles. The van der Waals surface area contributed by atoms with Gasteiger partial charge in [-0.2, -0.15) is 5.26 Å². The van der Waals surface area contributed by atoms with Crippen LogP contribution in [0.2, 0.25) is 0 Å². The quantitative estimate of drug-likeness (QED) is 0.796. The highest BCUT2D eigenvalue weighted by atomic mass is 16.5. The molecule has 1 saturated carbocycles. The van der Waals surface area contributed by atoms with E-state index in [0.29, 0.717) is 12.1 Å². The van der Waals surface area contributed by atoms with E-state index in [9.17, 15) is 5.26 Å². The van der Waals surface area contributed by atoms with Gasteiger partial charge in [-0.25, -0.2) is 0 Å². The lowest BCUT2D eigenvalue weighted by Gasteiger charge is -2.30. The molecule has 1 aliphatic heterocycles. The molecule has 2 rings (SSSR count). The number of rotatable bonds is 4. The summed E-state index contributed by atoms with van der Waals surface area (Å²) in [6, 6.07) is 3.56. The molecule has 2 aliphatic rings. The van der Waals surface area contributed by atoms with Crippen molar-refractivity contribution < 1.29 is 4.74 Å². The van der Waals surface area contributed by atoms with E-state index < -0.39 is 0 Å². The third kappa shape index (κ3) is 2.62. The van der Waals surface area contributed by atoms with Crippen molar-refractivity contribution in [1.82, 2.24) is 10.2 Å². The molecule has 1 N–H and O–H groups in total. The van der Waals surface area contributed by atoms with Gasteiger partial charge in [0.15, 0.2) is 0 Å². The van der Waals surface area contributed by atoms with Gasteiger partial charge in [0.2, 0.25) is 0 Å².